The van der Waals surface area contributed by atoms with E-state index in [4.69, 9.17) is 18.9 Å². The summed E-state index contributed by atoms with van der Waals surface area (Å²) in [5.74, 6) is -3.27. The molecule has 0 unspecified atom stereocenters. The summed E-state index contributed by atoms with van der Waals surface area (Å²) in [5.41, 5.74) is 1.12. The van der Waals surface area contributed by atoms with Gasteiger partial charge in [0.1, 0.15) is 29.6 Å². The van der Waals surface area contributed by atoms with Gasteiger partial charge in [-0.3, -0.25) is 4.79 Å². The number of hydrogen-bond donors (Lipinski definition) is 3. The predicted molar refractivity (Wildman–Crippen MR) is 146 cm³/mol. The van der Waals surface area contributed by atoms with Gasteiger partial charge in [-0.15, -0.1) is 0 Å². The van der Waals surface area contributed by atoms with E-state index in [1.807, 2.05) is 52.8 Å². The fraction of sp³-hybridized carbons (Fsp3) is 0.677. The van der Waals surface area contributed by atoms with Gasteiger partial charge < -0.3 is 34.1 Å². The maximum Gasteiger partial charge on any atom is 0.355 e. The molecule has 0 aromatic carbocycles. The summed E-state index contributed by atoms with van der Waals surface area (Å²) in [6.45, 7) is 9.79. The van der Waals surface area contributed by atoms with Gasteiger partial charge in [0.2, 0.25) is 0 Å². The predicted octanol–water partition coefficient (Wildman–Crippen LogP) is 3.35. The first-order valence-corrected chi connectivity index (χ1v) is 14.6. The van der Waals surface area contributed by atoms with Gasteiger partial charge in [-0.2, -0.15) is 0 Å². The van der Waals surface area contributed by atoms with Crippen molar-refractivity contribution in [2.75, 3.05) is 13.7 Å². The summed E-state index contributed by atoms with van der Waals surface area (Å²) in [7, 11) is 1.56. The number of esters is 2. The monoisotopic (exact) mass is 557 g/mol. The molecule has 1 aromatic heterocycles. The molecule has 9 nitrogen and oxygen atoms in total. The van der Waals surface area contributed by atoms with Crippen molar-refractivity contribution in [3.63, 3.8) is 0 Å². The molecule has 2 aliphatic carbocycles. The third-order valence-corrected chi connectivity index (χ3v) is 9.73. The number of aromatic amines is 1. The zero-order valence-corrected chi connectivity index (χ0v) is 24.2. The van der Waals surface area contributed by atoms with Crippen LogP contribution in [0.2, 0.25) is 0 Å². The second kappa shape index (κ2) is 11.1. The van der Waals surface area contributed by atoms with E-state index in [1.165, 1.54) is 0 Å². The fourth-order valence-electron chi connectivity index (χ4n) is 7.84. The van der Waals surface area contributed by atoms with Crippen molar-refractivity contribution in [3.05, 3.63) is 47.3 Å². The third kappa shape index (κ3) is 4.46. The Kier molecular flexibility index (Phi) is 8.05. The number of aliphatic hydroxyl groups is 2. The maximum absolute atomic E-state index is 13.7. The highest BCUT2D eigenvalue weighted by molar-refractivity contribution is 5.87. The van der Waals surface area contributed by atoms with Gasteiger partial charge in [-0.05, 0) is 43.9 Å². The Morgan fingerprint density at radius 2 is 2.00 bits per heavy atom. The number of H-pyrrole nitrogens is 1. The Morgan fingerprint density at radius 3 is 2.62 bits per heavy atom. The van der Waals surface area contributed by atoms with Gasteiger partial charge in [0, 0.05) is 42.9 Å². The molecule has 1 spiro atoms. The number of rotatable bonds is 7. The summed E-state index contributed by atoms with van der Waals surface area (Å²) in [4.78, 5) is 29.8. The van der Waals surface area contributed by atoms with E-state index in [-0.39, 0.29) is 30.3 Å². The molecule has 1 aromatic rings. The molecule has 2 aliphatic heterocycles. The maximum atomic E-state index is 13.7. The molecule has 40 heavy (non-hydrogen) atoms. The lowest BCUT2D eigenvalue weighted by Gasteiger charge is -2.49. The van der Waals surface area contributed by atoms with Gasteiger partial charge in [0.05, 0.1) is 24.7 Å². The lowest BCUT2D eigenvalue weighted by molar-refractivity contribution is -0.168. The largest absolute Gasteiger partial charge is 0.459 e. The first-order chi connectivity index (χ1) is 19.1. The van der Waals surface area contributed by atoms with Gasteiger partial charge in [0.15, 0.2) is 0 Å². The number of methoxy groups -OCH3 is 1. The average Bonchev–Trinajstić information content (AvgIpc) is 3.44. The number of aliphatic hydroxyl groups excluding tert-OH is 2. The summed E-state index contributed by atoms with van der Waals surface area (Å²) in [6, 6.07) is 1.73. The molecule has 0 radical (unpaired) electrons. The molecule has 1 saturated carbocycles. The minimum absolute atomic E-state index is 0.180. The van der Waals surface area contributed by atoms with Crippen LogP contribution in [0.4, 0.5) is 0 Å². The van der Waals surface area contributed by atoms with E-state index >= 15 is 0 Å². The number of ether oxygens (including phenoxy) is 4. The smallest absolute Gasteiger partial charge is 0.355 e. The normalized spacial score (nSPS) is 42.5. The number of aromatic nitrogens is 1. The molecule has 4 aliphatic rings. The molecular formula is C31H43NO8. The van der Waals surface area contributed by atoms with Crippen molar-refractivity contribution in [2.24, 2.45) is 35.5 Å². The number of hydrogen-bond acceptors (Lipinski definition) is 8. The van der Waals surface area contributed by atoms with E-state index in [9.17, 15) is 19.8 Å². The van der Waals surface area contributed by atoms with Crippen molar-refractivity contribution in [1.82, 2.24) is 4.98 Å². The van der Waals surface area contributed by atoms with Crippen molar-refractivity contribution in [2.45, 2.75) is 83.6 Å². The van der Waals surface area contributed by atoms with Crippen LogP contribution in [0, 0.1) is 42.4 Å². The number of nitrogens with one attached hydrogen (secondary N) is 1. The fourth-order valence-corrected chi connectivity index (χ4v) is 7.84. The van der Waals surface area contributed by atoms with E-state index < -0.39 is 59.8 Å². The second-order valence-corrected chi connectivity index (χ2v) is 12.1. The number of carbonyl (C=O) groups is 2. The Hall–Kier alpha value is -2.46. The number of cyclic esters (lactones) is 1. The molecule has 12 atom stereocenters. The Bertz CT molecular complexity index is 1170. The standard InChI is InChI=1S/C31H43NO8/c1-7-18-21-10-9-19-24-25(34)20(14-37-6)27(39-30(36)22-11-15(3)13-32-22)28(19)40-31(21,24)17(5)12-16(4)26(23(33)8-2)38-29(18)35/h9-13,16,18-21,23-28,32-34H,7-8,14H2,1-6H3/b17-12+/t16-,18-,19-,20-,21-,23-,24+,25-,26+,27-,28-,31+/m1/s1. The van der Waals surface area contributed by atoms with Crippen molar-refractivity contribution < 1.29 is 38.7 Å². The van der Waals surface area contributed by atoms with Gasteiger partial charge in [0.25, 0.3) is 0 Å². The lowest BCUT2D eigenvalue weighted by atomic mass is 9.56. The highest BCUT2D eigenvalue weighted by atomic mass is 16.6. The zero-order valence-electron chi connectivity index (χ0n) is 24.2. The Morgan fingerprint density at radius 1 is 1.25 bits per heavy atom. The van der Waals surface area contributed by atoms with Gasteiger partial charge in [-0.1, -0.05) is 39.0 Å². The molecule has 1 saturated heterocycles. The lowest BCUT2D eigenvalue weighted by Crippen LogP contribution is -2.59. The van der Waals surface area contributed by atoms with Crippen LogP contribution in [0.5, 0.6) is 0 Å². The van der Waals surface area contributed by atoms with E-state index in [1.54, 1.807) is 19.4 Å². The van der Waals surface area contributed by atoms with E-state index in [0.29, 0.717) is 18.5 Å². The van der Waals surface area contributed by atoms with Crippen LogP contribution in [-0.4, -0.2) is 77.0 Å². The average molecular weight is 558 g/mol. The third-order valence-electron chi connectivity index (χ3n) is 9.73. The van der Waals surface area contributed by atoms with Crippen molar-refractivity contribution in [3.8, 4) is 0 Å². The summed E-state index contributed by atoms with van der Waals surface area (Å²) in [6.07, 6.45) is 5.04. The quantitative estimate of drug-likeness (QED) is 0.344. The van der Waals surface area contributed by atoms with Gasteiger partial charge in [-0.25, -0.2) is 4.79 Å². The van der Waals surface area contributed by atoms with Gasteiger partial charge >= 0.3 is 11.9 Å². The molecular weight excluding hydrogens is 514 g/mol. The van der Waals surface area contributed by atoms with E-state index in [0.717, 1.165) is 11.1 Å². The first kappa shape index (κ1) is 29.0. The molecule has 2 fully saturated rings. The molecule has 220 valence electrons. The van der Waals surface area contributed by atoms with Crippen molar-refractivity contribution in [1.29, 1.82) is 0 Å². The van der Waals surface area contributed by atoms with Crippen LogP contribution in [0.25, 0.3) is 0 Å². The molecule has 9 heteroatoms. The summed E-state index contributed by atoms with van der Waals surface area (Å²) < 4.78 is 24.7. The Labute approximate surface area is 235 Å². The van der Waals surface area contributed by atoms with Crippen LogP contribution >= 0.6 is 0 Å². The number of aryl methyl sites for hydroxylation is 1. The van der Waals surface area contributed by atoms with Crippen LogP contribution in [0.3, 0.4) is 0 Å². The highest BCUT2D eigenvalue weighted by Gasteiger charge is 2.70. The zero-order chi connectivity index (χ0) is 28.9. The SMILES string of the molecule is CC[C@@H](O)[C@H]1OC(=O)[C@H](CC)[C@H]2C=C[C@H]3[C@H]4O[C@]2(/C(C)=C/[C@H]1C)[C@@H]3[C@H](O)[C@@H](COC)[C@H]4OC(=O)c1cc(C)c[nH]1. The summed E-state index contributed by atoms with van der Waals surface area (Å²) >= 11 is 0. The van der Waals surface area contributed by atoms with Crippen LogP contribution < -0.4 is 0 Å². The molecule has 0 amide bonds. The van der Waals surface area contributed by atoms with Crippen LogP contribution in [0.1, 0.15) is 56.6 Å². The topological polar surface area (TPSA) is 127 Å². The van der Waals surface area contributed by atoms with Crippen LogP contribution in [-0.2, 0) is 23.7 Å². The number of carbonyl (C=O) groups excluding carboxylic acids is 2. The minimum Gasteiger partial charge on any atom is -0.459 e. The molecule has 3 N–H and O–H groups in total. The van der Waals surface area contributed by atoms with Crippen LogP contribution in [0.15, 0.2) is 36.1 Å². The minimum atomic E-state index is -1.01. The highest BCUT2D eigenvalue weighted by Crippen LogP contribution is 2.62. The molecule has 5 rings (SSSR count). The van der Waals surface area contributed by atoms with E-state index in [2.05, 4.69) is 4.98 Å². The molecule has 4 bridgehead atoms. The second-order valence-electron chi connectivity index (χ2n) is 12.1. The summed E-state index contributed by atoms with van der Waals surface area (Å²) in [5, 5.41) is 22.8. The Balaban J connectivity index is 1.61. The van der Waals surface area contributed by atoms with Crippen molar-refractivity contribution >= 4 is 11.9 Å². The molecule has 3 heterocycles. The first-order valence-electron chi connectivity index (χ1n) is 14.6.